The highest BCUT2D eigenvalue weighted by atomic mass is 16.2. The summed E-state index contributed by atoms with van der Waals surface area (Å²) in [6, 6.07) is 0. The van der Waals surface area contributed by atoms with Crippen molar-refractivity contribution in [1.82, 2.24) is 25.1 Å². The number of H-pyrrole nitrogens is 1. The molecule has 1 amide bonds. The minimum atomic E-state index is 0.114. The average molecular weight is 246 g/mol. The molecule has 7 nitrogen and oxygen atoms in total. The second-order valence-electron chi connectivity index (χ2n) is 4.30. The zero-order valence-corrected chi connectivity index (χ0v) is 9.89. The quantitative estimate of drug-likeness (QED) is 0.818. The van der Waals surface area contributed by atoms with Crippen molar-refractivity contribution >= 4 is 22.8 Å². The van der Waals surface area contributed by atoms with Gasteiger partial charge in [0.15, 0.2) is 5.65 Å². The summed E-state index contributed by atoms with van der Waals surface area (Å²) in [5.74, 6) is 0.754. The summed E-state index contributed by atoms with van der Waals surface area (Å²) in [5.41, 5.74) is 0.668. The predicted molar refractivity (Wildman–Crippen MR) is 66.0 cm³/mol. The fourth-order valence-corrected chi connectivity index (χ4v) is 2.14. The number of aromatic amines is 1. The molecule has 0 bridgehead atoms. The molecule has 0 atom stereocenters. The van der Waals surface area contributed by atoms with Crippen LogP contribution in [0.1, 0.15) is 12.8 Å². The van der Waals surface area contributed by atoms with Crippen LogP contribution in [0.25, 0.3) is 11.0 Å². The molecule has 18 heavy (non-hydrogen) atoms. The van der Waals surface area contributed by atoms with Crippen LogP contribution in [0, 0.1) is 0 Å². The molecular weight excluding hydrogens is 232 g/mol. The molecule has 0 radical (unpaired) electrons. The van der Waals surface area contributed by atoms with Gasteiger partial charge in [0.2, 0.25) is 5.91 Å². The van der Waals surface area contributed by atoms with Gasteiger partial charge in [-0.3, -0.25) is 9.89 Å². The van der Waals surface area contributed by atoms with E-state index in [0.29, 0.717) is 11.5 Å². The maximum atomic E-state index is 11.9. The number of amides is 1. The van der Waals surface area contributed by atoms with E-state index in [1.54, 1.807) is 6.20 Å². The topological polar surface area (TPSA) is 86.8 Å². The normalized spacial score (nSPS) is 15.2. The molecule has 0 spiro atoms. The highest BCUT2D eigenvalue weighted by Crippen LogP contribution is 2.16. The maximum Gasteiger partial charge on any atom is 0.241 e. The van der Waals surface area contributed by atoms with Crippen LogP contribution in [0.15, 0.2) is 12.5 Å². The average Bonchev–Trinajstić information content (AvgIpc) is 3.05. The number of anilines is 1. The van der Waals surface area contributed by atoms with E-state index in [0.717, 1.165) is 31.3 Å². The number of carbonyl (C=O) groups is 1. The van der Waals surface area contributed by atoms with Crippen LogP contribution < -0.4 is 5.32 Å². The number of nitrogens with one attached hydrogen (secondary N) is 2. The van der Waals surface area contributed by atoms with Gasteiger partial charge in [-0.2, -0.15) is 5.10 Å². The van der Waals surface area contributed by atoms with Crippen LogP contribution in [-0.2, 0) is 4.79 Å². The van der Waals surface area contributed by atoms with Crippen LogP contribution in [0.2, 0.25) is 0 Å². The van der Waals surface area contributed by atoms with Crippen LogP contribution in [0.5, 0.6) is 0 Å². The first-order valence-electron chi connectivity index (χ1n) is 6.00. The van der Waals surface area contributed by atoms with Gasteiger partial charge < -0.3 is 10.2 Å². The molecule has 1 aliphatic heterocycles. The molecular formula is C11H14N6O. The first kappa shape index (κ1) is 10.9. The first-order valence-corrected chi connectivity index (χ1v) is 6.00. The number of likely N-dealkylation sites (tertiary alicyclic amines) is 1. The van der Waals surface area contributed by atoms with Gasteiger partial charge in [-0.15, -0.1) is 0 Å². The second kappa shape index (κ2) is 4.59. The molecule has 0 aromatic carbocycles. The summed E-state index contributed by atoms with van der Waals surface area (Å²) in [4.78, 5) is 21.9. The lowest BCUT2D eigenvalue weighted by molar-refractivity contribution is -0.128. The number of fused-ring (bicyclic) bond motifs is 1. The molecule has 0 unspecified atom stereocenters. The standard InChI is InChI=1S/C11H14N6O/c18-9(17-3-1-2-4-17)6-12-10-8-5-15-16-11(8)14-7-13-10/h5,7H,1-4,6H2,(H2,12,13,14,15,16). The predicted octanol–water partition coefficient (Wildman–Crippen LogP) is 0.387. The fourth-order valence-electron chi connectivity index (χ4n) is 2.14. The van der Waals surface area contributed by atoms with Crippen LogP contribution >= 0.6 is 0 Å². The van der Waals surface area contributed by atoms with Gasteiger partial charge in [-0.05, 0) is 12.8 Å². The van der Waals surface area contributed by atoms with Crippen molar-refractivity contribution in [2.45, 2.75) is 12.8 Å². The Morgan fingerprint density at radius 2 is 2.22 bits per heavy atom. The van der Waals surface area contributed by atoms with Crippen molar-refractivity contribution in [2.24, 2.45) is 0 Å². The fraction of sp³-hybridized carbons (Fsp3) is 0.455. The van der Waals surface area contributed by atoms with E-state index in [1.165, 1.54) is 6.33 Å². The number of rotatable bonds is 3. The first-order chi connectivity index (χ1) is 8.84. The van der Waals surface area contributed by atoms with E-state index >= 15 is 0 Å². The van der Waals surface area contributed by atoms with Crippen LogP contribution in [0.4, 0.5) is 5.82 Å². The smallest absolute Gasteiger partial charge is 0.241 e. The summed E-state index contributed by atoms with van der Waals surface area (Å²) in [7, 11) is 0. The van der Waals surface area contributed by atoms with Crippen LogP contribution in [-0.4, -0.2) is 50.6 Å². The number of hydrogen-bond donors (Lipinski definition) is 2. The Labute approximate surface area is 104 Å². The third kappa shape index (κ3) is 1.99. The lowest BCUT2D eigenvalue weighted by Crippen LogP contribution is -2.33. The molecule has 3 heterocycles. The minimum Gasteiger partial charge on any atom is -0.360 e. The molecule has 0 aliphatic carbocycles. The maximum absolute atomic E-state index is 11.9. The lowest BCUT2D eigenvalue weighted by Gasteiger charge is -2.15. The number of nitrogens with zero attached hydrogens (tertiary/aromatic N) is 4. The molecule has 0 saturated carbocycles. The van der Waals surface area contributed by atoms with E-state index in [9.17, 15) is 4.79 Å². The van der Waals surface area contributed by atoms with Gasteiger partial charge in [0.05, 0.1) is 18.1 Å². The molecule has 7 heteroatoms. The third-order valence-electron chi connectivity index (χ3n) is 3.11. The van der Waals surface area contributed by atoms with Crippen molar-refractivity contribution in [3.63, 3.8) is 0 Å². The van der Waals surface area contributed by atoms with E-state index in [4.69, 9.17) is 0 Å². The Bertz CT molecular complexity index is 559. The van der Waals surface area contributed by atoms with E-state index in [1.807, 2.05) is 4.90 Å². The van der Waals surface area contributed by atoms with E-state index < -0.39 is 0 Å². The molecule has 1 saturated heterocycles. The number of carbonyl (C=O) groups excluding carboxylic acids is 1. The minimum absolute atomic E-state index is 0.114. The van der Waals surface area contributed by atoms with Crippen molar-refractivity contribution in [2.75, 3.05) is 25.0 Å². The van der Waals surface area contributed by atoms with Gasteiger partial charge in [0.25, 0.3) is 0 Å². The summed E-state index contributed by atoms with van der Waals surface area (Å²) in [6.07, 6.45) is 5.30. The number of hydrogen-bond acceptors (Lipinski definition) is 5. The molecule has 1 aliphatic rings. The summed E-state index contributed by atoms with van der Waals surface area (Å²) in [5, 5.41) is 10.5. The number of aromatic nitrogens is 4. The van der Waals surface area contributed by atoms with Gasteiger partial charge in [0, 0.05) is 13.1 Å². The van der Waals surface area contributed by atoms with E-state index in [2.05, 4.69) is 25.5 Å². The lowest BCUT2D eigenvalue weighted by atomic mass is 10.4. The van der Waals surface area contributed by atoms with Crippen molar-refractivity contribution < 1.29 is 4.79 Å². The van der Waals surface area contributed by atoms with Crippen LogP contribution in [0.3, 0.4) is 0 Å². The summed E-state index contributed by atoms with van der Waals surface area (Å²) in [6.45, 7) is 1.99. The molecule has 94 valence electrons. The van der Waals surface area contributed by atoms with Gasteiger partial charge >= 0.3 is 0 Å². The second-order valence-corrected chi connectivity index (χ2v) is 4.30. The Morgan fingerprint density at radius 1 is 1.39 bits per heavy atom. The third-order valence-corrected chi connectivity index (χ3v) is 3.11. The molecule has 2 N–H and O–H groups in total. The zero-order valence-electron chi connectivity index (χ0n) is 9.89. The summed E-state index contributed by atoms with van der Waals surface area (Å²) >= 11 is 0. The van der Waals surface area contributed by atoms with Crippen molar-refractivity contribution in [3.05, 3.63) is 12.5 Å². The van der Waals surface area contributed by atoms with Crippen molar-refractivity contribution in [1.29, 1.82) is 0 Å². The zero-order chi connectivity index (χ0) is 12.4. The van der Waals surface area contributed by atoms with E-state index in [-0.39, 0.29) is 12.5 Å². The van der Waals surface area contributed by atoms with Gasteiger partial charge in [-0.25, -0.2) is 9.97 Å². The SMILES string of the molecule is O=C(CNc1ncnc2[nH]ncc12)N1CCCC1. The van der Waals surface area contributed by atoms with Gasteiger partial charge in [-0.1, -0.05) is 0 Å². The monoisotopic (exact) mass is 246 g/mol. The van der Waals surface area contributed by atoms with Crippen molar-refractivity contribution in [3.8, 4) is 0 Å². The Morgan fingerprint density at radius 3 is 3.06 bits per heavy atom. The summed E-state index contributed by atoms with van der Waals surface area (Å²) < 4.78 is 0. The largest absolute Gasteiger partial charge is 0.360 e. The molecule has 2 aromatic rings. The molecule has 1 fully saturated rings. The Balaban J connectivity index is 1.69. The Kier molecular flexibility index (Phi) is 2.79. The molecule has 2 aromatic heterocycles. The molecule has 3 rings (SSSR count). The van der Waals surface area contributed by atoms with Gasteiger partial charge in [0.1, 0.15) is 12.1 Å². The highest BCUT2D eigenvalue weighted by molar-refractivity contribution is 5.88. The Hall–Kier alpha value is -2.18. The highest BCUT2D eigenvalue weighted by Gasteiger charge is 2.17.